The number of allylic oxidation sites excluding steroid dienone is 16. The molecule has 0 radical (unpaired) electrons. The van der Waals surface area contributed by atoms with Crippen LogP contribution in [-0.4, -0.2) is 10.9 Å². The van der Waals surface area contributed by atoms with Crippen LogP contribution in [0.15, 0.2) is 81.0 Å². The fraction of sp³-hybridized carbons (Fsp3) is 0.556. The Morgan fingerprint density at radius 3 is 1.12 bits per heavy atom. The van der Waals surface area contributed by atoms with Gasteiger partial charge in [-0.3, -0.25) is 0 Å². The number of hydrogen-bond donors (Lipinski definition) is 0. The van der Waals surface area contributed by atoms with Crippen LogP contribution in [0, 0.1) is 24.0 Å². The zero-order valence-corrected chi connectivity index (χ0v) is 36.5. The van der Waals surface area contributed by atoms with Crippen LogP contribution in [0.5, 0.6) is 0 Å². The van der Waals surface area contributed by atoms with E-state index in [1.807, 2.05) is 0 Å². The van der Waals surface area contributed by atoms with Crippen LogP contribution in [0.1, 0.15) is 92.9 Å². The summed E-state index contributed by atoms with van der Waals surface area (Å²) in [7, 11) is 0. The smallest absolute Gasteiger partial charge is 1.00 e. The van der Waals surface area contributed by atoms with Crippen molar-refractivity contribution >= 4 is 10.9 Å². The zero-order chi connectivity index (χ0) is 30.2. The number of halogens is 2. The summed E-state index contributed by atoms with van der Waals surface area (Å²) in [6.45, 7) is 22.9. The summed E-state index contributed by atoms with van der Waals surface area (Å²) in [4.78, 5) is 0. The minimum atomic E-state index is 0. The molecule has 2 atom stereocenters. The molecule has 0 N–H and O–H groups in total. The van der Waals surface area contributed by atoms with Crippen LogP contribution in [0.25, 0.3) is 0 Å². The summed E-state index contributed by atoms with van der Waals surface area (Å²) in [5, 5.41) is 0. The Kier molecular flexibility index (Phi) is 26.5. The molecule has 0 spiro atoms. The van der Waals surface area contributed by atoms with E-state index in [1.54, 1.807) is 69.0 Å². The van der Waals surface area contributed by atoms with E-state index in [9.17, 15) is 0 Å². The Balaban J connectivity index is 0. The Morgan fingerprint density at radius 1 is 0.619 bits per heavy atom. The first-order valence-electron chi connectivity index (χ1n) is 15.6. The van der Waals surface area contributed by atoms with Gasteiger partial charge >= 0.3 is 83.7 Å². The maximum atomic E-state index is 3.72. The average molecular weight is 796 g/mol. The van der Waals surface area contributed by atoms with Crippen molar-refractivity contribution in [3.63, 3.8) is 0 Å². The molecule has 232 valence electrons. The van der Waals surface area contributed by atoms with E-state index in [4.69, 9.17) is 0 Å². The molecule has 0 saturated carbocycles. The van der Waals surface area contributed by atoms with Crippen LogP contribution in [-0.2, 0) is 46.7 Å². The van der Waals surface area contributed by atoms with Gasteiger partial charge in [-0.25, -0.2) is 0 Å². The van der Waals surface area contributed by atoms with E-state index in [-0.39, 0.29) is 35.7 Å². The van der Waals surface area contributed by atoms with Crippen molar-refractivity contribution in [1.29, 1.82) is 0 Å². The molecule has 4 aliphatic carbocycles. The molecule has 0 fully saturated rings. The molecule has 4 rings (SSSR count). The van der Waals surface area contributed by atoms with Gasteiger partial charge in [0, 0.05) is 0 Å². The van der Waals surface area contributed by atoms with Crippen molar-refractivity contribution in [3.05, 3.63) is 93.2 Å². The molecule has 0 aromatic heterocycles. The second-order valence-corrected chi connectivity index (χ2v) is 29.8. The quantitative estimate of drug-likeness (QED) is 0.238. The first-order valence-corrected chi connectivity index (χ1v) is 27.9. The second-order valence-electron chi connectivity index (χ2n) is 11.0. The van der Waals surface area contributed by atoms with Gasteiger partial charge < -0.3 is 24.8 Å². The third-order valence-electron chi connectivity index (χ3n) is 7.33. The Morgan fingerprint density at radius 2 is 0.929 bits per heavy atom. The molecule has 0 heterocycles. The number of rotatable bonds is 8. The summed E-state index contributed by atoms with van der Waals surface area (Å²) in [6, 6.07) is 0. The van der Waals surface area contributed by atoms with E-state index in [0.717, 1.165) is 25.7 Å². The Bertz CT molecular complexity index is 1050. The largest absolute Gasteiger partial charge is 1.00 e. The average Bonchev–Trinajstić information content (AvgIpc) is 3.72. The summed E-state index contributed by atoms with van der Waals surface area (Å²) in [5.74, 6) is 1.16. The van der Waals surface area contributed by atoms with Gasteiger partial charge in [-0.15, -0.1) is 34.4 Å². The monoisotopic (exact) mass is 792 g/mol. The summed E-state index contributed by atoms with van der Waals surface area (Å²) >= 11 is 3.48. The maximum absolute atomic E-state index is 3.72. The van der Waals surface area contributed by atoms with Crippen molar-refractivity contribution < 1.29 is 71.5 Å². The fourth-order valence-corrected chi connectivity index (χ4v) is 5.70. The van der Waals surface area contributed by atoms with Gasteiger partial charge in [-0.1, -0.05) is 116 Å². The van der Waals surface area contributed by atoms with Crippen molar-refractivity contribution in [2.24, 2.45) is 11.8 Å². The fourth-order valence-electron chi connectivity index (χ4n) is 5.70. The minimum Gasteiger partial charge on any atom is -1.00 e. The molecular weight excluding hydrogens is 742 g/mol. The molecule has 0 aliphatic heterocycles. The molecule has 6 heteroatoms. The van der Waals surface area contributed by atoms with E-state index < -0.39 is 0 Å². The summed E-state index contributed by atoms with van der Waals surface area (Å²) < 4.78 is 0. The molecule has 0 aromatic rings. The van der Waals surface area contributed by atoms with Gasteiger partial charge in [0.15, 0.2) is 0 Å². The van der Waals surface area contributed by atoms with Crippen LogP contribution >= 0.6 is 0 Å². The van der Waals surface area contributed by atoms with Gasteiger partial charge in [0.1, 0.15) is 0 Å². The van der Waals surface area contributed by atoms with Crippen molar-refractivity contribution in [3.8, 4) is 0 Å². The predicted octanol–water partition coefficient (Wildman–Crippen LogP) is 5.09. The van der Waals surface area contributed by atoms with Crippen molar-refractivity contribution in [2.45, 2.75) is 119 Å². The molecule has 2 unspecified atom stereocenters. The van der Waals surface area contributed by atoms with Crippen LogP contribution in [0.2, 0.25) is 26.2 Å². The second kappa shape index (κ2) is 24.9. The van der Waals surface area contributed by atoms with E-state index in [0.29, 0.717) is 11.8 Å². The predicted molar refractivity (Wildman–Crippen MR) is 175 cm³/mol. The van der Waals surface area contributed by atoms with Crippen LogP contribution < -0.4 is 24.8 Å². The van der Waals surface area contributed by atoms with Crippen molar-refractivity contribution in [2.75, 3.05) is 0 Å². The first kappa shape index (κ1) is 44.8. The standard InChI is InChI=1S/2C16H21.2C2H6Si.2ClH.2Zr/c2*1-4-12-11-16(13-9-7-8-10-13)15(6-3)14(12)5-2;2*1-3-2;;;;/h2*7-9,12H,4-6,10H2,1-3H3;2*1-2H3;2*1H;;/q2*-1;;;;;;/p-2. The molecular formula is C36H54Cl2Si2Zr2-4. The van der Waals surface area contributed by atoms with Gasteiger partial charge in [0.25, 0.3) is 0 Å². The third-order valence-corrected chi connectivity index (χ3v) is 7.33. The third kappa shape index (κ3) is 14.4. The van der Waals surface area contributed by atoms with E-state index in [2.05, 4.69) is 116 Å². The SMILES string of the molecule is CCC1=C(CC)C(CC)[C-]=C1C1=CC=CC1.CCC1=C(CC)C(CC)[C-]=C1C1=CC=CC1.C[Si](C)=[Zr].C[Si](C)=[Zr].[Cl-].[Cl-]. The van der Waals surface area contributed by atoms with E-state index >= 15 is 0 Å². The first-order chi connectivity index (χ1) is 19.1. The normalized spacial score (nSPS) is 19.5. The van der Waals surface area contributed by atoms with Gasteiger partial charge in [0.2, 0.25) is 0 Å². The summed E-state index contributed by atoms with van der Waals surface area (Å²) in [5.41, 5.74) is 12.6. The molecule has 0 aromatic carbocycles. The molecule has 0 amide bonds. The van der Waals surface area contributed by atoms with E-state index in [1.165, 1.54) is 48.0 Å². The van der Waals surface area contributed by atoms with Crippen LogP contribution in [0.4, 0.5) is 0 Å². The molecule has 4 aliphatic rings. The van der Waals surface area contributed by atoms with Crippen molar-refractivity contribution in [1.82, 2.24) is 0 Å². The van der Waals surface area contributed by atoms with Gasteiger partial charge in [-0.05, 0) is 12.8 Å². The summed E-state index contributed by atoms with van der Waals surface area (Å²) in [6.07, 6.45) is 30.0. The molecule has 42 heavy (non-hydrogen) atoms. The molecule has 0 saturated heterocycles. The molecule has 0 bridgehead atoms. The maximum Gasteiger partial charge on any atom is -1.00 e. The van der Waals surface area contributed by atoms with Crippen LogP contribution in [0.3, 0.4) is 0 Å². The zero-order valence-electron chi connectivity index (χ0n) is 28.0. The number of hydrogen-bond acceptors (Lipinski definition) is 0. The van der Waals surface area contributed by atoms with Gasteiger partial charge in [-0.2, -0.15) is 34.4 Å². The van der Waals surface area contributed by atoms with Gasteiger partial charge in [0.05, 0.1) is 0 Å². The Hall–Kier alpha value is 0.700. The Labute approximate surface area is 303 Å². The molecule has 0 nitrogen and oxygen atoms in total. The topological polar surface area (TPSA) is 0 Å². The minimum absolute atomic E-state index is 0.